The van der Waals surface area contributed by atoms with Crippen molar-refractivity contribution in [2.24, 2.45) is 0 Å². The number of hydrogen-bond donors (Lipinski definition) is 1. The van der Waals surface area contributed by atoms with Gasteiger partial charge in [-0.05, 0) is 26.0 Å². The quantitative estimate of drug-likeness (QED) is 0.727. The number of aliphatic hydroxyl groups excluding tert-OH is 1. The number of Topliss-reactive ketones (excluding diaryl/α,β-unsaturated/α-hetero) is 1. The number of carbonyl (C=O) groups excluding carboxylic acids is 1. The second kappa shape index (κ2) is 7.76. The molecular weight excluding hydrogens is 248 g/mol. The van der Waals surface area contributed by atoms with Crippen LogP contribution in [0.5, 0.6) is 11.5 Å². The van der Waals surface area contributed by atoms with Gasteiger partial charge in [-0.2, -0.15) is 0 Å². The lowest BCUT2D eigenvalue weighted by Gasteiger charge is -2.14. The van der Waals surface area contributed by atoms with E-state index in [9.17, 15) is 9.90 Å². The highest BCUT2D eigenvalue weighted by Crippen LogP contribution is 2.25. The van der Waals surface area contributed by atoms with Gasteiger partial charge in [0.2, 0.25) is 0 Å². The smallest absolute Gasteiger partial charge is 0.163 e. The van der Waals surface area contributed by atoms with E-state index >= 15 is 0 Å². The lowest BCUT2D eigenvalue weighted by Crippen LogP contribution is -2.23. The van der Waals surface area contributed by atoms with Crippen molar-refractivity contribution in [3.05, 3.63) is 23.8 Å². The molecule has 0 spiro atoms. The molecule has 0 radical (unpaired) electrons. The van der Waals surface area contributed by atoms with E-state index in [4.69, 9.17) is 14.2 Å². The molecule has 0 aliphatic rings. The summed E-state index contributed by atoms with van der Waals surface area (Å²) in [4.78, 5) is 11.5. The molecular formula is C14H20O5. The van der Waals surface area contributed by atoms with Crippen LogP contribution in [0.2, 0.25) is 0 Å². The summed E-state index contributed by atoms with van der Waals surface area (Å²) in [6, 6.07) is 4.97. The van der Waals surface area contributed by atoms with Crippen LogP contribution >= 0.6 is 0 Å². The lowest BCUT2D eigenvalue weighted by molar-refractivity contribution is 0.0162. The van der Waals surface area contributed by atoms with Crippen LogP contribution < -0.4 is 9.47 Å². The molecule has 1 unspecified atom stereocenters. The molecule has 1 aromatic carbocycles. The first-order valence-corrected chi connectivity index (χ1v) is 6.16. The van der Waals surface area contributed by atoms with E-state index in [1.165, 1.54) is 14.0 Å². The minimum atomic E-state index is -0.731. The van der Waals surface area contributed by atoms with Crippen LogP contribution in [-0.4, -0.2) is 43.9 Å². The van der Waals surface area contributed by atoms with Crippen LogP contribution in [0.25, 0.3) is 0 Å². The molecule has 1 aromatic rings. The predicted octanol–water partition coefficient (Wildman–Crippen LogP) is 1.67. The van der Waals surface area contributed by atoms with E-state index in [-0.39, 0.29) is 19.0 Å². The van der Waals surface area contributed by atoms with Crippen LogP contribution in [0.3, 0.4) is 0 Å². The molecule has 0 aromatic heterocycles. The fourth-order valence-corrected chi connectivity index (χ4v) is 1.53. The van der Waals surface area contributed by atoms with E-state index in [2.05, 4.69) is 0 Å². The highest BCUT2D eigenvalue weighted by atomic mass is 16.5. The molecule has 0 amide bonds. The Morgan fingerprint density at radius 3 is 2.68 bits per heavy atom. The molecule has 0 fully saturated rings. The van der Waals surface area contributed by atoms with Crippen molar-refractivity contribution in [2.45, 2.75) is 20.0 Å². The van der Waals surface area contributed by atoms with Gasteiger partial charge in [-0.25, -0.2) is 0 Å². The summed E-state index contributed by atoms with van der Waals surface area (Å²) < 4.78 is 15.6. The first-order valence-electron chi connectivity index (χ1n) is 6.16. The van der Waals surface area contributed by atoms with Crippen molar-refractivity contribution >= 4 is 5.78 Å². The van der Waals surface area contributed by atoms with Gasteiger partial charge in [-0.15, -0.1) is 0 Å². The second-order valence-electron chi connectivity index (χ2n) is 4.04. The molecule has 1 rings (SSSR count). The minimum Gasteiger partial charge on any atom is -0.497 e. The fourth-order valence-electron chi connectivity index (χ4n) is 1.53. The molecule has 106 valence electrons. The molecule has 0 aliphatic carbocycles. The third-order valence-electron chi connectivity index (χ3n) is 2.51. The summed E-state index contributed by atoms with van der Waals surface area (Å²) >= 11 is 0. The molecule has 0 heterocycles. The summed E-state index contributed by atoms with van der Waals surface area (Å²) in [6.07, 6.45) is -0.731. The molecule has 5 nitrogen and oxygen atoms in total. The van der Waals surface area contributed by atoms with E-state index in [0.29, 0.717) is 23.7 Å². The van der Waals surface area contributed by atoms with Gasteiger partial charge in [0.05, 0.1) is 19.3 Å². The summed E-state index contributed by atoms with van der Waals surface area (Å²) in [7, 11) is 1.54. The van der Waals surface area contributed by atoms with Crippen LogP contribution in [0.4, 0.5) is 0 Å². The zero-order valence-electron chi connectivity index (χ0n) is 11.5. The van der Waals surface area contributed by atoms with Gasteiger partial charge in [0, 0.05) is 12.7 Å². The van der Waals surface area contributed by atoms with Crippen molar-refractivity contribution < 1.29 is 24.1 Å². The van der Waals surface area contributed by atoms with Crippen LogP contribution in [0.1, 0.15) is 24.2 Å². The summed E-state index contributed by atoms with van der Waals surface area (Å²) in [5.41, 5.74) is 0.462. The van der Waals surface area contributed by atoms with Crippen LogP contribution in [-0.2, 0) is 4.74 Å². The summed E-state index contributed by atoms with van der Waals surface area (Å²) in [6.45, 7) is 4.12. The Balaban J connectivity index is 2.72. The van der Waals surface area contributed by atoms with Gasteiger partial charge in [0.25, 0.3) is 0 Å². The third-order valence-corrected chi connectivity index (χ3v) is 2.51. The number of carbonyl (C=O) groups is 1. The molecule has 0 saturated heterocycles. The van der Waals surface area contributed by atoms with Crippen molar-refractivity contribution in [3.8, 4) is 11.5 Å². The molecule has 5 heteroatoms. The zero-order chi connectivity index (χ0) is 14.3. The standard InChI is InChI=1S/C14H20O5/c1-4-18-8-11(16)9-19-14-7-12(17-3)5-6-13(14)10(2)15/h5-7,11,16H,4,8-9H2,1-3H3. The normalized spacial score (nSPS) is 12.0. The number of aliphatic hydroxyl groups is 1. The highest BCUT2D eigenvalue weighted by Gasteiger charge is 2.12. The topological polar surface area (TPSA) is 65.0 Å². The molecule has 0 saturated carbocycles. The Morgan fingerprint density at radius 1 is 1.37 bits per heavy atom. The number of benzene rings is 1. The number of ketones is 1. The molecule has 0 bridgehead atoms. The molecule has 1 N–H and O–H groups in total. The Bertz CT molecular complexity index is 416. The van der Waals surface area contributed by atoms with E-state index in [0.717, 1.165) is 0 Å². The number of methoxy groups -OCH3 is 1. The van der Waals surface area contributed by atoms with Gasteiger partial charge in [-0.1, -0.05) is 0 Å². The molecule has 0 aliphatic heterocycles. The third kappa shape index (κ3) is 4.89. The zero-order valence-corrected chi connectivity index (χ0v) is 11.5. The van der Waals surface area contributed by atoms with Gasteiger partial charge < -0.3 is 19.3 Å². The van der Waals surface area contributed by atoms with Gasteiger partial charge in [-0.3, -0.25) is 4.79 Å². The van der Waals surface area contributed by atoms with Gasteiger partial charge in [0.1, 0.15) is 24.2 Å². The Labute approximate surface area is 113 Å². The first-order chi connectivity index (χ1) is 9.08. The Hall–Kier alpha value is -1.59. The predicted molar refractivity (Wildman–Crippen MR) is 71.0 cm³/mol. The SMILES string of the molecule is CCOCC(O)COc1cc(OC)ccc1C(C)=O. The van der Waals surface area contributed by atoms with Gasteiger partial charge in [0.15, 0.2) is 5.78 Å². The molecule has 1 atom stereocenters. The lowest BCUT2D eigenvalue weighted by atomic mass is 10.1. The maximum atomic E-state index is 11.5. The highest BCUT2D eigenvalue weighted by molar-refractivity contribution is 5.97. The van der Waals surface area contributed by atoms with Crippen LogP contribution in [0.15, 0.2) is 18.2 Å². The average molecular weight is 268 g/mol. The minimum absolute atomic E-state index is 0.0629. The number of ether oxygens (including phenoxy) is 3. The van der Waals surface area contributed by atoms with Gasteiger partial charge >= 0.3 is 0 Å². The van der Waals surface area contributed by atoms with Crippen molar-refractivity contribution in [2.75, 3.05) is 26.9 Å². The fraction of sp³-hybridized carbons (Fsp3) is 0.500. The summed E-state index contributed by atoms with van der Waals surface area (Å²) in [5.74, 6) is 0.902. The molecule has 19 heavy (non-hydrogen) atoms. The maximum absolute atomic E-state index is 11.5. The Kier molecular flexibility index (Phi) is 6.32. The van der Waals surface area contributed by atoms with Crippen LogP contribution in [0, 0.1) is 0 Å². The van der Waals surface area contributed by atoms with Crippen molar-refractivity contribution in [1.82, 2.24) is 0 Å². The monoisotopic (exact) mass is 268 g/mol. The Morgan fingerprint density at radius 2 is 2.11 bits per heavy atom. The number of hydrogen-bond acceptors (Lipinski definition) is 5. The van der Waals surface area contributed by atoms with E-state index in [1.54, 1.807) is 18.2 Å². The second-order valence-corrected chi connectivity index (χ2v) is 4.04. The van der Waals surface area contributed by atoms with E-state index in [1.807, 2.05) is 6.92 Å². The summed E-state index contributed by atoms with van der Waals surface area (Å²) in [5, 5.41) is 9.63. The van der Waals surface area contributed by atoms with Crippen molar-refractivity contribution in [1.29, 1.82) is 0 Å². The number of rotatable bonds is 8. The maximum Gasteiger partial charge on any atom is 0.163 e. The largest absolute Gasteiger partial charge is 0.497 e. The average Bonchev–Trinajstić information content (AvgIpc) is 2.42. The van der Waals surface area contributed by atoms with E-state index < -0.39 is 6.10 Å². The first kappa shape index (κ1) is 15.5. The van der Waals surface area contributed by atoms with Crippen molar-refractivity contribution in [3.63, 3.8) is 0 Å².